The van der Waals surface area contributed by atoms with E-state index >= 15 is 0 Å². The van der Waals surface area contributed by atoms with Gasteiger partial charge in [-0.2, -0.15) is 5.10 Å². The third-order valence-corrected chi connectivity index (χ3v) is 4.87. The highest BCUT2D eigenvalue weighted by Crippen LogP contribution is 2.27. The molecule has 0 unspecified atom stereocenters. The Labute approximate surface area is 125 Å². The van der Waals surface area contributed by atoms with E-state index in [2.05, 4.69) is 14.9 Å². The van der Waals surface area contributed by atoms with Crippen molar-refractivity contribution in [2.75, 3.05) is 4.72 Å². The number of nitrogens with one attached hydrogen (secondary N) is 2. The monoisotopic (exact) mass is 335 g/mol. The third kappa shape index (κ3) is 2.90. The molecule has 0 saturated heterocycles. The molecule has 0 aliphatic rings. The maximum atomic E-state index is 12.3. The van der Waals surface area contributed by atoms with Crippen LogP contribution in [-0.2, 0) is 16.6 Å². The summed E-state index contributed by atoms with van der Waals surface area (Å²) in [6, 6.07) is 4.37. The molecule has 1 heterocycles. The number of halogens is 2. The fourth-order valence-electron chi connectivity index (χ4n) is 1.70. The minimum absolute atomic E-state index is 0.0510. The number of hydrogen-bond donors (Lipinski definition) is 3. The number of aromatic amines is 1. The van der Waals surface area contributed by atoms with Crippen LogP contribution in [0.1, 0.15) is 11.4 Å². The van der Waals surface area contributed by atoms with E-state index in [-0.39, 0.29) is 21.3 Å². The predicted octanol–water partition coefficient (Wildman–Crippen LogP) is 2.32. The lowest BCUT2D eigenvalue weighted by Gasteiger charge is -2.09. The molecule has 6 nitrogen and oxygen atoms in total. The van der Waals surface area contributed by atoms with Gasteiger partial charge in [0.15, 0.2) is 0 Å². The maximum absolute atomic E-state index is 12.3. The van der Waals surface area contributed by atoms with Crippen LogP contribution in [0.2, 0.25) is 10.0 Å². The second kappa shape index (κ2) is 5.61. The van der Waals surface area contributed by atoms with Crippen molar-refractivity contribution in [3.63, 3.8) is 0 Å². The molecule has 0 aliphatic heterocycles. The fourth-order valence-corrected chi connectivity index (χ4v) is 3.41. The molecular formula is C11H11Cl2N3O3S. The zero-order chi connectivity index (χ0) is 14.9. The van der Waals surface area contributed by atoms with Crippen molar-refractivity contribution in [1.82, 2.24) is 10.2 Å². The van der Waals surface area contributed by atoms with E-state index in [1.54, 1.807) is 6.92 Å². The number of nitrogens with zero attached hydrogens (tertiary/aromatic N) is 1. The Morgan fingerprint density at radius 3 is 2.65 bits per heavy atom. The quantitative estimate of drug-likeness (QED) is 0.798. The number of H-pyrrole nitrogens is 1. The molecule has 1 aromatic heterocycles. The highest BCUT2D eigenvalue weighted by atomic mass is 35.5. The molecule has 3 N–H and O–H groups in total. The summed E-state index contributed by atoms with van der Waals surface area (Å²) in [7, 11) is -3.88. The number of aryl methyl sites for hydroxylation is 1. The first-order chi connectivity index (χ1) is 9.35. The highest BCUT2D eigenvalue weighted by molar-refractivity contribution is 7.92. The molecule has 0 saturated carbocycles. The molecule has 108 valence electrons. The van der Waals surface area contributed by atoms with Gasteiger partial charge in [0.05, 0.1) is 28.0 Å². The zero-order valence-electron chi connectivity index (χ0n) is 10.3. The van der Waals surface area contributed by atoms with Crippen molar-refractivity contribution >= 4 is 38.9 Å². The van der Waals surface area contributed by atoms with Gasteiger partial charge in [0.2, 0.25) is 0 Å². The first kappa shape index (κ1) is 15.1. The lowest BCUT2D eigenvalue weighted by molar-refractivity contribution is 0.273. The van der Waals surface area contributed by atoms with Crippen molar-refractivity contribution in [1.29, 1.82) is 0 Å². The molecular weight excluding hydrogens is 325 g/mol. The third-order valence-electron chi connectivity index (χ3n) is 2.55. The summed E-state index contributed by atoms with van der Waals surface area (Å²) in [6.45, 7) is 1.07. The van der Waals surface area contributed by atoms with Gasteiger partial charge < -0.3 is 5.11 Å². The van der Waals surface area contributed by atoms with Crippen LogP contribution in [0.4, 0.5) is 5.69 Å². The minimum atomic E-state index is -3.88. The molecule has 0 bridgehead atoms. The van der Waals surface area contributed by atoms with Gasteiger partial charge in [-0.3, -0.25) is 9.82 Å². The highest BCUT2D eigenvalue weighted by Gasteiger charge is 2.24. The summed E-state index contributed by atoms with van der Waals surface area (Å²) in [5, 5.41) is 15.9. The number of hydrogen-bond acceptors (Lipinski definition) is 4. The number of aliphatic hydroxyl groups excluding tert-OH is 1. The number of sulfonamides is 1. The van der Waals surface area contributed by atoms with Crippen LogP contribution in [0.15, 0.2) is 23.1 Å². The summed E-state index contributed by atoms with van der Waals surface area (Å²) in [4.78, 5) is -0.0777. The molecule has 1 aromatic carbocycles. The van der Waals surface area contributed by atoms with Crippen LogP contribution >= 0.6 is 23.2 Å². The zero-order valence-corrected chi connectivity index (χ0v) is 12.6. The number of anilines is 1. The second-order valence-corrected chi connectivity index (χ2v) is 6.45. The Morgan fingerprint density at radius 2 is 2.05 bits per heavy atom. The molecule has 0 amide bonds. The van der Waals surface area contributed by atoms with Gasteiger partial charge in [0.25, 0.3) is 10.0 Å². The van der Waals surface area contributed by atoms with E-state index in [0.717, 1.165) is 0 Å². The van der Waals surface area contributed by atoms with Crippen LogP contribution < -0.4 is 4.72 Å². The van der Waals surface area contributed by atoms with Crippen molar-refractivity contribution in [2.24, 2.45) is 0 Å². The van der Waals surface area contributed by atoms with E-state index in [1.807, 2.05) is 0 Å². The first-order valence-electron chi connectivity index (χ1n) is 5.47. The number of benzene rings is 1. The smallest absolute Gasteiger partial charge is 0.265 e. The van der Waals surface area contributed by atoms with Gasteiger partial charge in [-0.05, 0) is 25.1 Å². The molecule has 0 radical (unpaired) electrons. The van der Waals surface area contributed by atoms with Crippen LogP contribution in [0.25, 0.3) is 0 Å². The lowest BCUT2D eigenvalue weighted by atomic mass is 10.3. The summed E-state index contributed by atoms with van der Waals surface area (Å²) in [5.41, 5.74) is 0.653. The summed E-state index contributed by atoms with van der Waals surface area (Å²) in [6.07, 6.45) is 0. The predicted molar refractivity (Wildman–Crippen MR) is 76.5 cm³/mol. The Balaban J connectivity index is 2.40. The molecule has 0 atom stereocenters. The molecule has 9 heteroatoms. The van der Waals surface area contributed by atoms with Crippen molar-refractivity contribution in [2.45, 2.75) is 18.4 Å². The van der Waals surface area contributed by atoms with E-state index in [0.29, 0.717) is 10.7 Å². The molecule has 20 heavy (non-hydrogen) atoms. The normalized spacial score (nSPS) is 11.6. The van der Waals surface area contributed by atoms with Crippen LogP contribution in [0.3, 0.4) is 0 Å². The van der Waals surface area contributed by atoms with E-state index in [4.69, 9.17) is 28.3 Å². The number of aliphatic hydroxyl groups is 1. The Hall–Kier alpha value is -1.28. The van der Waals surface area contributed by atoms with Crippen LogP contribution in [-0.4, -0.2) is 23.7 Å². The Morgan fingerprint density at radius 1 is 1.35 bits per heavy atom. The summed E-state index contributed by atoms with van der Waals surface area (Å²) in [5.74, 6) is 0. The molecule has 0 spiro atoms. The molecule has 0 fully saturated rings. The van der Waals surface area contributed by atoms with Crippen molar-refractivity contribution < 1.29 is 13.5 Å². The van der Waals surface area contributed by atoms with E-state index in [1.165, 1.54) is 18.2 Å². The molecule has 2 rings (SSSR count). The van der Waals surface area contributed by atoms with Crippen molar-refractivity contribution in [3.05, 3.63) is 39.6 Å². The van der Waals surface area contributed by atoms with E-state index in [9.17, 15) is 8.42 Å². The average molecular weight is 336 g/mol. The van der Waals surface area contributed by atoms with Gasteiger partial charge in [0.1, 0.15) is 10.6 Å². The van der Waals surface area contributed by atoms with Gasteiger partial charge in [-0.15, -0.1) is 0 Å². The fraction of sp³-hybridized carbons (Fsp3) is 0.182. The van der Waals surface area contributed by atoms with Gasteiger partial charge in [0, 0.05) is 0 Å². The average Bonchev–Trinajstić information content (AvgIpc) is 2.75. The van der Waals surface area contributed by atoms with E-state index < -0.39 is 16.6 Å². The standard InChI is InChI=1S/C11H11Cl2N3O3S/c1-6-11(10(5-17)15-14-6)20(18,19)16-7-2-3-8(12)9(13)4-7/h2-4,16-17H,5H2,1H3,(H,14,15). The molecule has 0 aliphatic carbocycles. The summed E-state index contributed by atoms with van der Waals surface area (Å²) < 4.78 is 27.0. The number of rotatable bonds is 4. The van der Waals surface area contributed by atoms with Gasteiger partial charge in [-0.25, -0.2) is 8.42 Å². The minimum Gasteiger partial charge on any atom is -0.390 e. The molecule has 2 aromatic rings. The number of aromatic nitrogens is 2. The van der Waals surface area contributed by atoms with Gasteiger partial charge in [-0.1, -0.05) is 23.2 Å². The van der Waals surface area contributed by atoms with Gasteiger partial charge >= 0.3 is 0 Å². The topological polar surface area (TPSA) is 95.1 Å². The maximum Gasteiger partial charge on any atom is 0.265 e. The second-order valence-electron chi connectivity index (χ2n) is 4.02. The van der Waals surface area contributed by atoms with Crippen LogP contribution in [0.5, 0.6) is 0 Å². The Bertz CT molecular complexity index is 743. The first-order valence-corrected chi connectivity index (χ1v) is 7.71. The lowest BCUT2D eigenvalue weighted by Crippen LogP contribution is -2.15. The largest absolute Gasteiger partial charge is 0.390 e. The van der Waals surface area contributed by atoms with Crippen LogP contribution in [0, 0.1) is 6.92 Å². The van der Waals surface area contributed by atoms with Crippen molar-refractivity contribution in [3.8, 4) is 0 Å². The Kier molecular flexibility index (Phi) is 4.24. The summed E-state index contributed by atoms with van der Waals surface area (Å²) >= 11 is 11.6. The SMILES string of the molecule is Cc1[nH]nc(CO)c1S(=O)(=O)Nc1ccc(Cl)c(Cl)c1.